The topological polar surface area (TPSA) is 52.7 Å². The largest absolute Gasteiger partial charge is 0.711 e. The lowest BCUT2D eigenvalue weighted by molar-refractivity contribution is -0.617. The van der Waals surface area contributed by atoms with Crippen molar-refractivity contribution in [2.45, 2.75) is 13.8 Å². The molecule has 0 aliphatic carbocycles. The average molecular weight is 125 g/mol. The van der Waals surface area contributed by atoms with Crippen molar-refractivity contribution in [2.24, 2.45) is 0 Å². The maximum atomic E-state index is 10.7. The Morgan fingerprint density at radius 2 is 2.11 bits per heavy atom. The maximum absolute atomic E-state index is 10.7. The Labute approximate surface area is 52.7 Å². The SMILES string of the molecule is Cc1c[n+]([O-])c(C)nn1. The molecule has 0 bridgehead atoms. The molecule has 0 amide bonds. The fourth-order valence-corrected chi connectivity index (χ4v) is 0.484. The van der Waals surface area contributed by atoms with E-state index in [2.05, 4.69) is 10.2 Å². The lowest BCUT2D eigenvalue weighted by Crippen LogP contribution is -2.31. The smallest absolute Gasteiger partial charge is 0.326 e. The van der Waals surface area contributed by atoms with Gasteiger partial charge in [0.1, 0.15) is 11.9 Å². The molecule has 0 aliphatic heterocycles. The van der Waals surface area contributed by atoms with Gasteiger partial charge in [-0.2, -0.15) is 0 Å². The molecule has 1 aromatic rings. The van der Waals surface area contributed by atoms with Gasteiger partial charge in [-0.25, -0.2) is 4.73 Å². The molecule has 0 aromatic carbocycles. The van der Waals surface area contributed by atoms with Crippen LogP contribution < -0.4 is 4.73 Å². The van der Waals surface area contributed by atoms with Gasteiger partial charge >= 0.3 is 5.82 Å². The van der Waals surface area contributed by atoms with Gasteiger partial charge in [-0.15, -0.1) is 0 Å². The van der Waals surface area contributed by atoms with E-state index < -0.39 is 0 Å². The van der Waals surface area contributed by atoms with Gasteiger partial charge in [-0.3, -0.25) is 0 Å². The van der Waals surface area contributed by atoms with Crippen LogP contribution in [-0.4, -0.2) is 10.2 Å². The second kappa shape index (κ2) is 1.97. The Balaban J connectivity index is 3.17. The second-order valence-electron chi connectivity index (χ2n) is 1.84. The van der Waals surface area contributed by atoms with E-state index in [1.807, 2.05) is 0 Å². The zero-order chi connectivity index (χ0) is 6.85. The predicted molar refractivity (Wildman–Crippen MR) is 30.5 cm³/mol. The summed E-state index contributed by atoms with van der Waals surface area (Å²) in [5.74, 6) is 0.376. The number of hydrogen-bond donors (Lipinski definition) is 0. The van der Waals surface area contributed by atoms with Gasteiger partial charge in [0.25, 0.3) is 0 Å². The highest BCUT2D eigenvalue weighted by Crippen LogP contribution is 1.82. The summed E-state index contributed by atoms with van der Waals surface area (Å²) in [7, 11) is 0. The lowest BCUT2D eigenvalue weighted by Gasteiger charge is -1.99. The highest BCUT2D eigenvalue weighted by atomic mass is 16.5. The van der Waals surface area contributed by atoms with Gasteiger partial charge in [0.05, 0.1) is 5.10 Å². The third kappa shape index (κ3) is 1.13. The van der Waals surface area contributed by atoms with Gasteiger partial charge in [-0.05, 0) is 12.0 Å². The summed E-state index contributed by atoms with van der Waals surface area (Å²) in [5.41, 5.74) is 0.635. The molecule has 0 spiro atoms. The Morgan fingerprint density at radius 3 is 2.56 bits per heavy atom. The third-order valence-electron chi connectivity index (χ3n) is 0.975. The Kier molecular flexibility index (Phi) is 1.30. The summed E-state index contributed by atoms with van der Waals surface area (Å²) >= 11 is 0. The Hall–Kier alpha value is -1.19. The number of nitrogens with zero attached hydrogens (tertiary/aromatic N) is 3. The van der Waals surface area contributed by atoms with Crippen LogP contribution in [0.3, 0.4) is 0 Å². The van der Waals surface area contributed by atoms with Crippen molar-refractivity contribution in [1.29, 1.82) is 0 Å². The molecule has 4 nitrogen and oxygen atoms in total. The Bertz CT molecular complexity index is 223. The monoisotopic (exact) mass is 125 g/mol. The number of aryl methyl sites for hydroxylation is 2. The zero-order valence-corrected chi connectivity index (χ0v) is 5.33. The van der Waals surface area contributed by atoms with Gasteiger partial charge in [0.2, 0.25) is 0 Å². The summed E-state index contributed by atoms with van der Waals surface area (Å²) in [6.07, 6.45) is 1.39. The molecule has 9 heavy (non-hydrogen) atoms. The minimum atomic E-state index is 0.376. The van der Waals surface area contributed by atoms with Crippen LogP contribution in [0.25, 0.3) is 0 Å². The fraction of sp³-hybridized carbons (Fsp3) is 0.400. The second-order valence-corrected chi connectivity index (χ2v) is 1.84. The van der Waals surface area contributed by atoms with Crippen LogP contribution in [0.15, 0.2) is 6.20 Å². The summed E-state index contributed by atoms with van der Waals surface area (Å²) in [6.45, 7) is 3.33. The van der Waals surface area contributed by atoms with E-state index in [-0.39, 0.29) is 0 Å². The van der Waals surface area contributed by atoms with Crippen molar-refractivity contribution < 1.29 is 4.73 Å². The van der Waals surface area contributed by atoms with Crippen molar-refractivity contribution in [2.75, 3.05) is 0 Å². The van der Waals surface area contributed by atoms with Crippen LogP contribution >= 0.6 is 0 Å². The summed E-state index contributed by atoms with van der Waals surface area (Å²) in [5, 5.41) is 17.9. The van der Waals surface area contributed by atoms with E-state index in [0.29, 0.717) is 16.2 Å². The quantitative estimate of drug-likeness (QED) is 0.354. The molecule has 0 radical (unpaired) electrons. The van der Waals surface area contributed by atoms with Crippen LogP contribution in [0.5, 0.6) is 0 Å². The molecule has 0 saturated heterocycles. The van der Waals surface area contributed by atoms with Crippen molar-refractivity contribution in [1.82, 2.24) is 10.2 Å². The fourth-order valence-electron chi connectivity index (χ4n) is 0.484. The van der Waals surface area contributed by atoms with Crippen molar-refractivity contribution in [3.8, 4) is 0 Å². The molecular formula is C5H7N3O. The first-order chi connectivity index (χ1) is 4.20. The van der Waals surface area contributed by atoms with Gasteiger partial charge < -0.3 is 5.21 Å². The lowest BCUT2D eigenvalue weighted by atomic mass is 10.5. The summed E-state index contributed by atoms with van der Waals surface area (Å²) in [4.78, 5) is 0. The number of hydrogen-bond acceptors (Lipinski definition) is 3. The first-order valence-corrected chi connectivity index (χ1v) is 2.60. The molecule has 4 heteroatoms. The molecule has 0 fully saturated rings. The number of rotatable bonds is 0. The first kappa shape index (κ1) is 5.94. The normalized spacial score (nSPS) is 9.56. The van der Waals surface area contributed by atoms with E-state index in [4.69, 9.17) is 0 Å². The highest BCUT2D eigenvalue weighted by Gasteiger charge is 1.98. The van der Waals surface area contributed by atoms with Crippen LogP contribution in [0.2, 0.25) is 0 Å². The molecule has 1 rings (SSSR count). The minimum absolute atomic E-state index is 0.376. The van der Waals surface area contributed by atoms with Gasteiger partial charge in [0, 0.05) is 6.92 Å². The van der Waals surface area contributed by atoms with Crippen LogP contribution in [0, 0.1) is 19.1 Å². The van der Waals surface area contributed by atoms with Crippen molar-refractivity contribution >= 4 is 0 Å². The first-order valence-electron chi connectivity index (χ1n) is 2.60. The molecule has 0 N–H and O–H groups in total. The highest BCUT2D eigenvalue weighted by molar-refractivity contribution is 4.82. The van der Waals surface area contributed by atoms with Crippen molar-refractivity contribution in [3.63, 3.8) is 0 Å². The van der Waals surface area contributed by atoms with Crippen LogP contribution in [-0.2, 0) is 0 Å². The predicted octanol–water partition coefficient (Wildman–Crippen LogP) is -0.273. The molecular weight excluding hydrogens is 118 g/mol. The molecule has 1 aromatic heterocycles. The molecule has 0 aliphatic rings. The summed E-state index contributed by atoms with van der Waals surface area (Å²) in [6, 6.07) is 0. The van der Waals surface area contributed by atoms with Gasteiger partial charge in [0.15, 0.2) is 0 Å². The Morgan fingerprint density at radius 1 is 1.44 bits per heavy atom. The molecule has 0 saturated carbocycles. The maximum Gasteiger partial charge on any atom is 0.326 e. The number of aromatic nitrogens is 3. The molecule has 0 atom stereocenters. The van der Waals surface area contributed by atoms with Gasteiger partial charge in [-0.1, -0.05) is 0 Å². The molecule has 0 unspecified atom stereocenters. The van der Waals surface area contributed by atoms with Crippen LogP contribution in [0.1, 0.15) is 11.5 Å². The minimum Gasteiger partial charge on any atom is -0.711 e. The van der Waals surface area contributed by atoms with Crippen LogP contribution in [0.4, 0.5) is 0 Å². The molecule has 48 valence electrons. The van der Waals surface area contributed by atoms with E-state index in [1.54, 1.807) is 13.8 Å². The van der Waals surface area contributed by atoms with Crippen molar-refractivity contribution in [3.05, 3.63) is 22.9 Å². The average Bonchev–Trinajstić information content (AvgIpc) is 1.80. The third-order valence-corrected chi connectivity index (χ3v) is 0.975. The zero-order valence-electron chi connectivity index (χ0n) is 5.33. The van der Waals surface area contributed by atoms with E-state index in [9.17, 15) is 5.21 Å². The standard InChI is InChI=1S/C5H7N3O/c1-4-3-8(9)5(2)7-6-4/h3H,1-2H3. The van der Waals surface area contributed by atoms with E-state index in [0.717, 1.165) is 0 Å². The van der Waals surface area contributed by atoms with E-state index in [1.165, 1.54) is 6.20 Å². The summed E-state index contributed by atoms with van der Waals surface area (Å²) < 4.78 is 0.697. The van der Waals surface area contributed by atoms with E-state index >= 15 is 0 Å². The molecule has 1 heterocycles.